The Morgan fingerprint density at radius 3 is 2.00 bits per heavy atom. The van der Waals surface area contributed by atoms with Crippen LogP contribution in [0.25, 0.3) is 0 Å². The summed E-state index contributed by atoms with van der Waals surface area (Å²) in [6.07, 6.45) is 0. The van der Waals surface area contributed by atoms with Gasteiger partial charge in [0.05, 0.1) is 0 Å². The number of halogens is 1. The first-order valence-electron chi connectivity index (χ1n) is 2.64. The molecule has 1 aromatic carbocycles. The second-order valence-electron chi connectivity index (χ2n) is 1.68. The summed E-state index contributed by atoms with van der Waals surface area (Å²) < 4.78 is 6.09. The van der Waals surface area contributed by atoms with Crippen molar-refractivity contribution in [3.63, 3.8) is 0 Å². The first-order chi connectivity index (χ1) is 4.33. The van der Waals surface area contributed by atoms with E-state index in [4.69, 9.17) is 4.74 Å². The van der Waals surface area contributed by atoms with Gasteiger partial charge in [-0.3, -0.25) is 0 Å². The van der Waals surface area contributed by atoms with Crippen LogP contribution >= 0.6 is 0 Å². The van der Waals surface area contributed by atoms with Crippen molar-refractivity contribution in [1.82, 2.24) is 0 Å². The number of hydrogen-bond donors (Lipinski definition) is 0. The average Bonchev–Trinajstić information content (AvgIpc) is 1.90. The molecule has 0 unspecified atom stereocenters. The molecule has 1 nitrogen and oxygen atoms in total. The Morgan fingerprint density at radius 1 is 1.18 bits per heavy atom. The van der Waals surface area contributed by atoms with Gasteiger partial charge in [-0.2, -0.15) is 0 Å². The van der Waals surface area contributed by atoms with Gasteiger partial charge in [-0.05, 0) is 0 Å². The summed E-state index contributed by atoms with van der Waals surface area (Å²) in [7, 11) is 1.66. The van der Waals surface area contributed by atoms with Gasteiger partial charge in [0.25, 0.3) is 0 Å². The van der Waals surface area contributed by atoms with E-state index in [0.717, 1.165) is 10.2 Å². The molecule has 0 radical (unpaired) electrons. The Hall–Kier alpha value is 0.596. The molecule has 1 aromatic rings. The maximum atomic E-state index is 4.96. The first kappa shape index (κ1) is 14.1. The fraction of sp³-hybridized carbons (Fsp3) is 0.143. The van der Waals surface area contributed by atoms with Crippen LogP contribution in [-0.2, 0) is 0 Å². The van der Waals surface area contributed by atoms with E-state index < -0.39 is 0 Å². The molecule has 0 aliphatic carbocycles. The van der Waals surface area contributed by atoms with Crippen molar-refractivity contribution in [2.75, 3.05) is 7.11 Å². The molecule has 0 bridgehead atoms. The maximum Gasteiger partial charge on any atom is 2.00 e. The van der Waals surface area contributed by atoms with Gasteiger partial charge in [0, 0.05) is 0 Å². The second kappa shape index (κ2) is 7.26. The molecule has 0 amide bonds. The van der Waals surface area contributed by atoms with E-state index >= 15 is 0 Å². The summed E-state index contributed by atoms with van der Waals surface area (Å²) in [5.41, 5.74) is 0. The van der Waals surface area contributed by atoms with Gasteiger partial charge in [0.2, 0.25) is 0 Å². The third-order valence-electron chi connectivity index (χ3n) is 1.06. The molecule has 11 heavy (non-hydrogen) atoms. The Bertz CT molecular complexity index is 190. The number of hydrogen-bond acceptors (Lipinski definition) is 1. The smallest absolute Gasteiger partial charge is 1.00 e. The van der Waals surface area contributed by atoms with Gasteiger partial charge >= 0.3 is 85.4 Å². The number of ether oxygens (including phenoxy) is 1. The summed E-state index contributed by atoms with van der Waals surface area (Å²) in [5, 5.41) is 0. The van der Waals surface area contributed by atoms with Crippen LogP contribution in [0.2, 0.25) is 0 Å². The zero-order valence-corrected chi connectivity index (χ0v) is 10.1. The zero-order valence-electron chi connectivity index (χ0n) is 6.21. The molecule has 0 saturated heterocycles. The second-order valence-corrected chi connectivity index (χ2v) is 2.66. The van der Waals surface area contributed by atoms with E-state index in [2.05, 4.69) is 16.0 Å². The Morgan fingerprint density at radius 2 is 1.64 bits per heavy atom. The molecule has 56 valence electrons. The first-order valence-corrected chi connectivity index (χ1v) is 3.49. The molecule has 0 aliphatic rings. The van der Waals surface area contributed by atoms with E-state index in [9.17, 15) is 0 Å². The maximum absolute atomic E-state index is 4.96. The van der Waals surface area contributed by atoms with Crippen LogP contribution in [0, 0.1) is 0 Å². The standard InChI is InChI=1S/C7H8OSe.ClH.Mg/c1-8-6-2-4-7(9)5-3-6;;/h2-5,9H,1H3;1H;/q;;+2/p-2. The number of rotatable bonds is 1. The molecule has 1 rings (SSSR count). The molecule has 0 saturated carbocycles. The topological polar surface area (TPSA) is 9.23 Å². The molecular formula is C7H7ClMgOSe. The van der Waals surface area contributed by atoms with Crippen LogP contribution in [0.3, 0.4) is 0 Å². The fourth-order valence-electron chi connectivity index (χ4n) is 0.576. The Kier molecular flexibility index (Phi) is 9.33. The Balaban J connectivity index is 0. The average molecular weight is 246 g/mol. The largest absolute Gasteiger partial charge is 2.00 e. The van der Waals surface area contributed by atoms with Crippen LogP contribution in [-0.4, -0.2) is 46.2 Å². The summed E-state index contributed by atoms with van der Waals surface area (Å²) >= 11 is 2.90. The normalized spacial score (nSPS) is 7.36. The van der Waals surface area contributed by atoms with Crippen LogP contribution in [0.5, 0.6) is 5.75 Å². The van der Waals surface area contributed by atoms with Crippen molar-refractivity contribution < 1.29 is 17.1 Å². The van der Waals surface area contributed by atoms with E-state index in [-0.39, 0.29) is 35.5 Å². The van der Waals surface area contributed by atoms with Crippen LogP contribution in [0.4, 0.5) is 0 Å². The molecule has 4 heteroatoms. The van der Waals surface area contributed by atoms with Gasteiger partial charge in [-0.25, -0.2) is 0 Å². The minimum Gasteiger partial charge on any atom is -1.00 e. The summed E-state index contributed by atoms with van der Waals surface area (Å²) in [6, 6.07) is 7.79. The van der Waals surface area contributed by atoms with E-state index in [1.807, 2.05) is 24.3 Å². The molecule has 0 aliphatic heterocycles. The van der Waals surface area contributed by atoms with Crippen molar-refractivity contribution in [2.45, 2.75) is 0 Å². The van der Waals surface area contributed by atoms with Crippen molar-refractivity contribution in [2.24, 2.45) is 0 Å². The van der Waals surface area contributed by atoms with Crippen LogP contribution < -0.4 is 21.6 Å². The fourth-order valence-corrected chi connectivity index (χ4v) is 0.861. The predicted molar refractivity (Wildman–Crippen MR) is 44.1 cm³/mol. The van der Waals surface area contributed by atoms with Gasteiger partial charge < -0.3 is 12.4 Å². The van der Waals surface area contributed by atoms with E-state index in [1.165, 1.54) is 0 Å². The van der Waals surface area contributed by atoms with Crippen molar-refractivity contribution in [3.05, 3.63) is 24.3 Å². The molecule has 0 spiro atoms. The monoisotopic (exact) mass is 246 g/mol. The summed E-state index contributed by atoms with van der Waals surface area (Å²) in [4.78, 5) is 0. The molecule has 0 heterocycles. The number of benzene rings is 1. The van der Waals surface area contributed by atoms with Gasteiger partial charge in [-0.15, -0.1) is 0 Å². The molecule has 0 fully saturated rings. The quantitative estimate of drug-likeness (QED) is 0.483. The molecule has 0 atom stereocenters. The van der Waals surface area contributed by atoms with Gasteiger partial charge in [0.15, 0.2) is 0 Å². The van der Waals surface area contributed by atoms with Gasteiger partial charge in [0.1, 0.15) is 0 Å². The third-order valence-corrected chi connectivity index (χ3v) is 1.63. The number of methoxy groups -OCH3 is 1. The minimum atomic E-state index is 0. The zero-order chi connectivity index (χ0) is 6.69. The van der Waals surface area contributed by atoms with Crippen molar-refractivity contribution in [3.8, 4) is 5.75 Å². The predicted octanol–water partition coefficient (Wildman–Crippen LogP) is -2.89. The minimum absolute atomic E-state index is 0. The SMILES string of the molecule is COc1ccc([Se-])cc1.[Cl-].[Mg+2]. The van der Waals surface area contributed by atoms with E-state index in [1.54, 1.807) is 7.11 Å². The Labute approximate surface area is 97.3 Å². The van der Waals surface area contributed by atoms with Gasteiger partial charge in [-0.1, -0.05) is 0 Å². The van der Waals surface area contributed by atoms with Crippen LogP contribution in [0.1, 0.15) is 0 Å². The van der Waals surface area contributed by atoms with Crippen molar-refractivity contribution in [1.29, 1.82) is 0 Å². The van der Waals surface area contributed by atoms with Crippen molar-refractivity contribution >= 4 is 43.5 Å². The molecule has 0 N–H and O–H groups in total. The van der Waals surface area contributed by atoms with Crippen LogP contribution in [0.15, 0.2) is 24.3 Å². The molecule has 0 aromatic heterocycles. The summed E-state index contributed by atoms with van der Waals surface area (Å²) in [5.74, 6) is 0.897. The molecular weight excluding hydrogens is 239 g/mol. The summed E-state index contributed by atoms with van der Waals surface area (Å²) in [6.45, 7) is 0. The van der Waals surface area contributed by atoms with E-state index in [0.29, 0.717) is 0 Å². The third kappa shape index (κ3) is 4.93.